The van der Waals surface area contributed by atoms with Crippen molar-refractivity contribution in [3.8, 4) is 5.75 Å². The molecule has 8 heteroatoms. The first-order valence-corrected chi connectivity index (χ1v) is 11.8. The van der Waals surface area contributed by atoms with Gasteiger partial charge in [0.2, 0.25) is 0 Å². The number of amides is 1. The largest absolute Gasteiger partial charge is 0.507 e. The molecular weight excluding hydrogens is 488 g/mol. The molecule has 2 heterocycles. The maximum atomic E-state index is 13.1. The number of phenols is 1. The van der Waals surface area contributed by atoms with Crippen LogP contribution in [0, 0.1) is 6.92 Å². The summed E-state index contributed by atoms with van der Waals surface area (Å²) in [5.41, 5.74) is 1.88. The fourth-order valence-corrected chi connectivity index (χ4v) is 4.70. The maximum absolute atomic E-state index is 13.1. The van der Waals surface area contributed by atoms with Gasteiger partial charge >= 0.3 is 0 Å². The Kier molecular flexibility index (Phi) is 7.17. The molecule has 7 nitrogen and oxygen atoms in total. The molecule has 0 aliphatic carbocycles. The van der Waals surface area contributed by atoms with E-state index in [2.05, 4.69) is 20.8 Å². The van der Waals surface area contributed by atoms with E-state index in [0.717, 1.165) is 30.8 Å². The minimum atomic E-state index is -0.746. The number of morpholine rings is 1. The molecule has 4 rings (SSSR count). The molecule has 0 aromatic heterocycles. The van der Waals surface area contributed by atoms with Gasteiger partial charge in [-0.2, -0.15) is 0 Å². The first kappa shape index (κ1) is 23.5. The van der Waals surface area contributed by atoms with Crippen molar-refractivity contribution in [2.45, 2.75) is 19.4 Å². The number of aryl methyl sites for hydroxylation is 1. The van der Waals surface area contributed by atoms with Gasteiger partial charge in [-0.1, -0.05) is 45.8 Å². The van der Waals surface area contributed by atoms with Gasteiger partial charge in [-0.15, -0.1) is 0 Å². The van der Waals surface area contributed by atoms with E-state index in [1.54, 1.807) is 6.07 Å². The van der Waals surface area contributed by atoms with Gasteiger partial charge in [0.05, 0.1) is 30.4 Å². The van der Waals surface area contributed by atoms with E-state index in [1.807, 2.05) is 31.2 Å². The Bertz CT molecular complexity index is 1080. The number of aliphatic hydroxyl groups is 1. The first-order valence-electron chi connectivity index (χ1n) is 11.0. The van der Waals surface area contributed by atoms with Gasteiger partial charge in [0.1, 0.15) is 11.5 Å². The molecule has 1 unspecified atom stereocenters. The summed E-state index contributed by atoms with van der Waals surface area (Å²) in [6.07, 6.45) is 0.692. The van der Waals surface area contributed by atoms with Gasteiger partial charge in [0.25, 0.3) is 11.7 Å². The van der Waals surface area contributed by atoms with Crippen molar-refractivity contribution in [2.75, 3.05) is 39.4 Å². The van der Waals surface area contributed by atoms with Crippen LogP contribution in [0.5, 0.6) is 5.75 Å². The lowest BCUT2D eigenvalue weighted by atomic mass is 9.94. The molecule has 1 amide bonds. The average Bonchev–Trinajstić information content (AvgIpc) is 3.06. The minimum Gasteiger partial charge on any atom is -0.507 e. The summed E-state index contributed by atoms with van der Waals surface area (Å²) >= 11 is 3.33. The quantitative estimate of drug-likeness (QED) is 0.347. The van der Waals surface area contributed by atoms with Crippen LogP contribution < -0.4 is 0 Å². The molecule has 1 atom stereocenters. The number of halogens is 1. The molecule has 0 spiro atoms. The number of ether oxygens (including phenoxy) is 1. The second-order valence-electron chi connectivity index (χ2n) is 8.37. The summed E-state index contributed by atoms with van der Waals surface area (Å²) in [5.74, 6) is -1.94. The molecule has 2 aliphatic heterocycles. The van der Waals surface area contributed by atoms with Gasteiger partial charge in [-0.3, -0.25) is 14.5 Å². The maximum Gasteiger partial charge on any atom is 0.295 e. The van der Waals surface area contributed by atoms with E-state index in [1.165, 1.54) is 17.0 Å². The Hall–Kier alpha value is -2.68. The SMILES string of the molecule is Cc1ccc(C2C(=C(O)c3cc(Br)ccc3O)C(=O)C(=O)N2CCCN2CCOCC2)cc1. The fourth-order valence-electron chi connectivity index (χ4n) is 4.34. The summed E-state index contributed by atoms with van der Waals surface area (Å²) in [6.45, 7) is 6.22. The lowest BCUT2D eigenvalue weighted by Crippen LogP contribution is -2.38. The van der Waals surface area contributed by atoms with Gasteiger partial charge in [0, 0.05) is 30.7 Å². The summed E-state index contributed by atoms with van der Waals surface area (Å²) < 4.78 is 6.02. The van der Waals surface area contributed by atoms with Crippen LogP contribution in [0.2, 0.25) is 0 Å². The molecule has 2 aromatic carbocycles. The lowest BCUT2D eigenvalue weighted by Gasteiger charge is -2.29. The number of aliphatic hydroxyl groups excluding tert-OH is 1. The fraction of sp³-hybridized carbons (Fsp3) is 0.360. The molecule has 174 valence electrons. The molecule has 0 saturated carbocycles. The van der Waals surface area contributed by atoms with Crippen molar-refractivity contribution < 1.29 is 24.5 Å². The number of aromatic hydroxyl groups is 1. The van der Waals surface area contributed by atoms with Crippen molar-refractivity contribution in [1.29, 1.82) is 0 Å². The van der Waals surface area contributed by atoms with E-state index >= 15 is 0 Å². The molecule has 2 saturated heterocycles. The van der Waals surface area contributed by atoms with E-state index < -0.39 is 17.7 Å². The highest BCUT2D eigenvalue weighted by atomic mass is 79.9. The van der Waals surface area contributed by atoms with Gasteiger partial charge in [-0.05, 0) is 37.1 Å². The molecular formula is C25H27BrN2O5. The van der Waals surface area contributed by atoms with Crippen molar-refractivity contribution in [1.82, 2.24) is 9.80 Å². The minimum absolute atomic E-state index is 0.0105. The number of carbonyl (C=O) groups is 2. The number of hydrogen-bond acceptors (Lipinski definition) is 6. The van der Waals surface area contributed by atoms with Gasteiger partial charge in [0.15, 0.2) is 0 Å². The lowest BCUT2D eigenvalue weighted by molar-refractivity contribution is -0.140. The van der Waals surface area contributed by atoms with Gasteiger partial charge in [-0.25, -0.2) is 0 Å². The summed E-state index contributed by atoms with van der Waals surface area (Å²) in [6, 6.07) is 11.4. The van der Waals surface area contributed by atoms with Crippen LogP contribution in [0.3, 0.4) is 0 Å². The van der Waals surface area contributed by atoms with Crippen LogP contribution in [0.1, 0.15) is 29.2 Å². The Balaban J connectivity index is 1.70. The summed E-state index contributed by atoms with van der Waals surface area (Å²) in [5, 5.41) is 21.4. The zero-order valence-electron chi connectivity index (χ0n) is 18.5. The third kappa shape index (κ3) is 4.98. The smallest absolute Gasteiger partial charge is 0.295 e. The first-order chi connectivity index (χ1) is 15.9. The summed E-state index contributed by atoms with van der Waals surface area (Å²) in [4.78, 5) is 30.0. The molecule has 2 aromatic rings. The zero-order valence-corrected chi connectivity index (χ0v) is 20.0. The third-order valence-electron chi connectivity index (χ3n) is 6.12. The van der Waals surface area contributed by atoms with E-state index in [9.17, 15) is 19.8 Å². The molecule has 33 heavy (non-hydrogen) atoms. The highest BCUT2D eigenvalue weighted by Crippen LogP contribution is 2.41. The number of rotatable bonds is 6. The molecule has 0 radical (unpaired) electrons. The van der Waals surface area contributed by atoms with Crippen LogP contribution in [0.15, 0.2) is 52.5 Å². The Morgan fingerprint density at radius 2 is 1.79 bits per heavy atom. The Morgan fingerprint density at radius 3 is 2.48 bits per heavy atom. The molecule has 2 fully saturated rings. The highest BCUT2D eigenvalue weighted by molar-refractivity contribution is 9.10. The number of nitrogens with zero attached hydrogens (tertiary/aromatic N) is 2. The number of phenolic OH excluding ortho intramolecular Hbond substituents is 1. The van der Waals surface area contributed by atoms with Crippen LogP contribution in [0.25, 0.3) is 5.76 Å². The predicted molar refractivity (Wildman–Crippen MR) is 128 cm³/mol. The van der Waals surface area contributed by atoms with Crippen LogP contribution in [-0.2, 0) is 14.3 Å². The number of benzene rings is 2. The monoisotopic (exact) mass is 514 g/mol. The normalized spacial score (nSPS) is 21.0. The predicted octanol–water partition coefficient (Wildman–Crippen LogP) is 3.61. The van der Waals surface area contributed by atoms with E-state index in [-0.39, 0.29) is 22.6 Å². The third-order valence-corrected chi connectivity index (χ3v) is 6.62. The number of ketones is 1. The molecule has 0 bridgehead atoms. The topological polar surface area (TPSA) is 90.3 Å². The van der Waals surface area contributed by atoms with Crippen LogP contribution >= 0.6 is 15.9 Å². The second-order valence-corrected chi connectivity index (χ2v) is 9.29. The number of Topliss-reactive ketones (excluding diaryl/α,β-unsaturated/α-hetero) is 1. The second kappa shape index (κ2) is 10.1. The van der Waals surface area contributed by atoms with Crippen LogP contribution in [0.4, 0.5) is 0 Å². The number of likely N-dealkylation sites (tertiary alicyclic amines) is 1. The molecule has 2 aliphatic rings. The van der Waals surface area contributed by atoms with Gasteiger partial charge < -0.3 is 19.8 Å². The summed E-state index contributed by atoms with van der Waals surface area (Å²) in [7, 11) is 0. The van der Waals surface area contributed by atoms with Crippen molar-refractivity contribution >= 4 is 33.4 Å². The average molecular weight is 515 g/mol. The molecule has 2 N–H and O–H groups in total. The van der Waals surface area contributed by atoms with Crippen LogP contribution in [-0.4, -0.2) is 71.1 Å². The van der Waals surface area contributed by atoms with Crippen molar-refractivity contribution in [2.24, 2.45) is 0 Å². The van der Waals surface area contributed by atoms with Crippen molar-refractivity contribution in [3.63, 3.8) is 0 Å². The number of carbonyl (C=O) groups excluding carboxylic acids is 2. The Morgan fingerprint density at radius 1 is 1.09 bits per heavy atom. The number of hydrogen-bond donors (Lipinski definition) is 2. The zero-order chi connectivity index (χ0) is 23.5. The standard InChI is InChI=1S/C25H27BrN2O5/c1-16-3-5-17(6-4-16)22-21(23(30)19-15-18(26)7-8-20(19)29)24(31)25(32)28(22)10-2-9-27-11-13-33-14-12-27/h3-8,15,22,29-30H,2,9-14H2,1H3. The highest BCUT2D eigenvalue weighted by Gasteiger charge is 2.46. The Labute approximate surface area is 201 Å². The van der Waals surface area contributed by atoms with E-state index in [0.29, 0.717) is 30.7 Å². The van der Waals surface area contributed by atoms with Crippen molar-refractivity contribution in [3.05, 3.63) is 69.2 Å². The van der Waals surface area contributed by atoms with E-state index in [4.69, 9.17) is 4.74 Å².